The van der Waals surface area contributed by atoms with Gasteiger partial charge >= 0.3 is 0 Å². The van der Waals surface area contributed by atoms with Crippen LogP contribution in [0.4, 0.5) is 5.69 Å². The van der Waals surface area contributed by atoms with Crippen LogP contribution in [0, 0.1) is 0 Å². The standard InChI is InChI=1S/C19H24N2O4S/c1-3-5-9-21-17-10-15(13-25-14-22)11-18(26(23,24)4-2)19(17)16-7-6-8-20-12-16/h6-8,10-12,14,21H,3-5,9,13H2,1-2H3. The Hall–Kier alpha value is -2.41. The summed E-state index contributed by atoms with van der Waals surface area (Å²) in [5, 5.41) is 3.33. The number of nitrogens with one attached hydrogen (secondary N) is 1. The van der Waals surface area contributed by atoms with Crippen molar-refractivity contribution in [3.63, 3.8) is 0 Å². The van der Waals surface area contributed by atoms with E-state index >= 15 is 0 Å². The highest BCUT2D eigenvalue weighted by Gasteiger charge is 2.22. The van der Waals surface area contributed by atoms with Crippen LogP contribution in [0.2, 0.25) is 0 Å². The first-order valence-electron chi connectivity index (χ1n) is 8.62. The molecule has 0 atom stereocenters. The molecule has 0 aliphatic heterocycles. The van der Waals surface area contributed by atoms with Crippen LogP contribution < -0.4 is 5.32 Å². The Morgan fingerprint density at radius 1 is 1.27 bits per heavy atom. The normalized spacial score (nSPS) is 11.2. The van der Waals surface area contributed by atoms with Crippen molar-refractivity contribution >= 4 is 22.0 Å². The molecule has 2 rings (SSSR count). The lowest BCUT2D eigenvalue weighted by Gasteiger charge is -2.18. The van der Waals surface area contributed by atoms with Crippen LogP contribution in [-0.2, 0) is 26.0 Å². The highest BCUT2D eigenvalue weighted by Crippen LogP contribution is 2.36. The number of anilines is 1. The first-order valence-corrected chi connectivity index (χ1v) is 10.3. The second-order valence-corrected chi connectivity index (χ2v) is 8.10. The second-order valence-electron chi connectivity index (χ2n) is 5.85. The van der Waals surface area contributed by atoms with Gasteiger partial charge in [-0.25, -0.2) is 8.42 Å². The van der Waals surface area contributed by atoms with Crippen LogP contribution in [-0.4, -0.2) is 32.2 Å². The van der Waals surface area contributed by atoms with Crippen molar-refractivity contribution in [2.24, 2.45) is 0 Å². The topological polar surface area (TPSA) is 85.4 Å². The maximum absolute atomic E-state index is 12.7. The van der Waals surface area contributed by atoms with Crippen LogP contribution in [0.5, 0.6) is 0 Å². The SMILES string of the molecule is CCCCNc1cc(COC=O)cc(S(=O)(=O)CC)c1-c1cccnc1. The molecule has 0 unspecified atom stereocenters. The molecule has 0 bridgehead atoms. The zero-order valence-corrected chi connectivity index (χ0v) is 15.9. The number of hydrogen-bond donors (Lipinski definition) is 1. The van der Waals surface area contributed by atoms with Crippen LogP contribution in [0.3, 0.4) is 0 Å². The summed E-state index contributed by atoms with van der Waals surface area (Å²) in [5.74, 6) is -0.0212. The fourth-order valence-electron chi connectivity index (χ4n) is 2.63. The van der Waals surface area contributed by atoms with E-state index in [-0.39, 0.29) is 17.3 Å². The number of rotatable bonds is 10. The molecule has 0 aliphatic rings. The van der Waals surface area contributed by atoms with Gasteiger partial charge in [-0.3, -0.25) is 9.78 Å². The number of hydrogen-bond acceptors (Lipinski definition) is 6. The monoisotopic (exact) mass is 376 g/mol. The Labute approximate surface area is 154 Å². The number of benzene rings is 1. The zero-order chi connectivity index (χ0) is 19.0. The molecule has 0 saturated heterocycles. The van der Waals surface area contributed by atoms with Crippen molar-refractivity contribution in [1.82, 2.24) is 4.98 Å². The molecule has 0 fully saturated rings. The van der Waals surface area contributed by atoms with E-state index < -0.39 is 9.84 Å². The molecule has 0 saturated carbocycles. The Kier molecular flexibility index (Phi) is 7.15. The Morgan fingerprint density at radius 2 is 2.08 bits per heavy atom. The third-order valence-corrected chi connectivity index (χ3v) is 5.74. The fourth-order valence-corrected chi connectivity index (χ4v) is 3.82. The van der Waals surface area contributed by atoms with Gasteiger partial charge in [-0.2, -0.15) is 0 Å². The van der Waals surface area contributed by atoms with Crippen molar-refractivity contribution in [2.75, 3.05) is 17.6 Å². The predicted octanol–water partition coefficient (Wildman–Crippen LogP) is 3.43. The van der Waals surface area contributed by atoms with E-state index in [1.54, 1.807) is 31.5 Å². The van der Waals surface area contributed by atoms with Gasteiger partial charge in [0.2, 0.25) is 0 Å². The third-order valence-electron chi connectivity index (χ3n) is 3.99. The molecule has 1 N–H and O–H groups in total. The van der Waals surface area contributed by atoms with Crippen LogP contribution in [0.25, 0.3) is 11.1 Å². The maximum atomic E-state index is 12.7. The predicted molar refractivity (Wildman–Crippen MR) is 102 cm³/mol. The van der Waals surface area contributed by atoms with Gasteiger partial charge in [0, 0.05) is 35.8 Å². The summed E-state index contributed by atoms with van der Waals surface area (Å²) in [6.07, 6.45) is 5.27. The summed E-state index contributed by atoms with van der Waals surface area (Å²) in [7, 11) is -3.49. The molecular formula is C19H24N2O4S. The number of ether oxygens (including phenoxy) is 1. The molecule has 6 nitrogen and oxygen atoms in total. The molecule has 0 amide bonds. The Balaban J connectivity index is 2.67. The molecule has 26 heavy (non-hydrogen) atoms. The largest absolute Gasteiger partial charge is 0.463 e. The average molecular weight is 376 g/mol. The number of pyridine rings is 1. The lowest BCUT2D eigenvalue weighted by atomic mass is 10.0. The summed E-state index contributed by atoms with van der Waals surface area (Å²) in [6.45, 7) is 4.79. The van der Waals surface area contributed by atoms with E-state index in [0.717, 1.165) is 18.4 Å². The Bertz CT molecular complexity index is 836. The van der Waals surface area contributed by atoms with Crippen LogP contribution in [0.1, 0.15) is 32.3 Å². The molecule has 0 spiro atoms. The molecule has 2 aromatic rings. The minimum atomic E-state index is -3.49. The summed E-state index contributed by atoms with van der Waals surface area (Å²) in [4.78, 5) is 14.9. The van der Waals surface area contributed by atoms with Crippen molar-refractivity contribution in [3.8, 4) is 11.1 Å². The van der Waals surface area contributed by atoms with Gasteiger partial charge < -0.3 is 10.1 Å². The molecular weight excluding hydrogens is 352 g/mol. The fraction of sp³-hybridized carbons (Fsp3) is 0.368. The van der Waals surface area contributed by atoms with Gasteiger partial charge in [-0.05, 0) is 30.2 Å². The van der Waals surface area contributed by atoms with E-state index in [2.05, 4.69) is 17.2 Å². The van der Waals surface area contributed by atoms with Crippen molar-refractivity contribution in [3.05, 3.63) is 42.2 Å². The lowest BCUT2D eigenvalue weighted by molar-refractivity contribution is -0.129. The van der Waals surface area contributed by atoms with Gasteiger partial charge in [-0.15, -0.1) is 0 Å². The van der Waals surface area contributed by atoms with Crippen molar-refractivity contribution in [1.29, 1.82) is 0 Å². The summed E-state index contributed by atoms with van der Waals surface area (Å²) in [6, 6.07) is 7.02. The molecule has 7 heteroatoms. The first kappa shape index (κ1) is 19.9. The van der Waals surface area contributed by atoms with Gasteiger partial charge in [-0.1, -0.05) is 26.3 Å². The van der Waals surface area contributed by atoms with Gasteiger partial charge in [0.15, 0.2) is 9.84 Å². The zero-order valence-electron chi connectivity index (χ0n) is 15.1. The molecule has 140 valence electrons. The molecule has 0 aliphatic carbocycles. The van der Waals surface area contributed by atoms with Crippen LogP contribution in [0.15, 0.2) is 41.6 Å². The summed E-state index contributed by atoms with van der Waals surface area (Å²) in [5.41, 5.74) is 2.65. The van der Waals surface area contributed by atoms with Crippen LogP contribution >= 0.6 is 0 Å². The number of unbranched alkanes of at least 4 members (excludes halogenated alkanes) is 1. The number of carbonyl (C=O) groups is 1. The minimum absolute atomic E-state index is 0.0194. The van der Waals surface area contributed by atoms with Crippen molar-refractivity contribution in [2.45, 2.75) is 38.2 Å². The van der Waals surface area contributed by atoms with Gasteiger partial charge in [0.05, 0.1) is 10.6 Å². The lowest BCUT2D eigenvalue weighted by Crippen LogP contribution is -2.11. The van der Waals surface area contributed by atoms with Crippen molar-refractivity contribution < 1.29 is 17.9 Å². The highest BCUT2D eigenvalue weighted by molar-refractivity contribution is 7.91. The number of carbonyl (C=O) groups excluding carboxylic acids is 1. The molecule has 1 aromatic carbocycles. The molecule has 0 radical (unpaired) electrons. The van der Waals surface area contributed by atoms with E-state index in [4.69, 9.17) is 4.74 Å². The quantitative estimate of drug-likeness (QED) is 0.505. The number of nitrogens with zero attached hydrogens (tertiary/aromatic N) is 1. The summed E-state index contributed by atoms with van der Waals surface area (Å²) < 4.78 is 30.3. The third kappa shape index (κ3) is 4.82. The smallest absolute Gasteiger partial charge is 0.293 e. The Morgan fingerprint density at radius 3 is 2.69 bits per heavy atom. The van der Waals surface area contributed by atoms with E-state index in [0.29, 0.717) is 29.8 Å². The second kappa shape index (κ2) is 9.33. The van der Waals surface area contributed by atoms with E-state index in [1.165, 1.54) is 0 Å². The summed E-state index contributed by atoms with van der Waals surface area (Å²) >= 11 is 0. The van der Waals surface area contributed by atoms with E-state index in [9.17, 15) is 13.2 Å². The highest BCUT2D eigenvalue weighted by atomic mass is 32.2. The molecule has 1 aromatic heterocycles. The average Bonchev–Trinajstić information content (AvgIpc) is 2.66. The molecule has 1 heterocycles. The van der Waals surface area contributed by atoms with Gasteiger partial charge in [0.1, 0.15) is 6.61 Å². The van der Waals surface area contributed by atoms with Gasteiger partial charge in [0.25, 0.3) is 6.47 Å². The number of aromatic nitrogens is 1. The first-order chi connectivity index (χ1) is 12.5. The maximum Gasteiger partial charge on any atom is 0.293 e. The minimum Gasteiger partial charge on any atom is -0.463 e. The number of sulfone groups is 1. The van der Waals surface area contributed by atoms with E-state index in [1.807, 2.05) is 12.1 Å².